The summed E-state index contributed by atoms with van der Waals surface area (Å²) in [7, 11) is 0. The normalized spacial score (nSPS) is 12.6. The molecule has 0 aliphatic carbocycles. The van der Waals surface area contributed by atoms with Crippen molar-refractivity contribution in [3.8, 4) is 0 Å². The molecule has 0 radical (unpaired) electrons. The predicted octanol–water partition coefficient (Wildman–Crippen LogP) is 3.81. The molecule has 0 aliphatic rings. The van der Waals surface area contributed by atoms with Crippen molar-refractivity contribution in [3.63, 3.8) is 0 Å². The Morgan fingerprint density at radius 2 is 2.16 bits per heavy atom. The molecular weight excluding hydrogens is 256 g/mol. The van der Waals surface area contributed by atoms with E-state index in [9.17, 15) is 0 Å². The molecule has 1 unspecified atom stereocenters. The van der Waals surface area contributed by atoms with Crippen LogP contribution in [0.2, 0.25) is 0 Å². The molecular formula is C14H20N4S. The highest BCUT2D eigenvalue weighted by Crippen LogP contribution is 2.26. The summed E-state index contributed by atoms with van der Waals surface area (Å²) in [6, 6.07) is 6.27. The van der Waals surface area contributed by atoms with Crippen LogP contribution >= 0.6 is 11.3 Å². The Morgan fingerprint density at radius 3 is 2.74 bits per heavy atom. The second-order valence-corrected chi connectivity index (χ2v) is 5.79. The molecule has 0 aromatic carbocycles. The molecule has 4 nitrogen and oxygen atoms in total. The Morgan fingerprint density at radius 1 is 1.37 bits per heavy atom. The number of thiophene rings is 1. The van der Waals surface area contributed by atoms with E-state index in [1.54, 1.807) is 17.4 Å². The third-order valence-corrected chi connectivity index (χ3v) is 3.88. The van der Waals surface area contributed by atoms with Gasteiger partial charge in [-0.15, -0.1) is 11.3 Å². The average molecular weight is 276 g/mol. The lowest BCUT2D eigenvalue weighted by atomic mass is 10.2. The maximum absolute atomic E-state index is 5.84. The molecule has 3 N–H and O–H groups in total. The van der Waals surface area contributed by atoms with E-state index in [0.717, 1.165) is 18.1 Å². The fraction of sp³-hybridized carbons (Fsp3) is 0.429. The molecule has 0 fully saturated rings. The highest BCUT2D eigenvalue weighted by molar-refractivity contribution is 7.10. The molecule has 0 saturated heterocycles. The monoisotopic (exact) mass is 276 g/mol. The molecule has 0 aliphatic heterocycles. The van der Waals surface area contributed by atoms with Gasteiger partial charge in [0.2, 0.25) is 0 Å². The lowest BCUT2D eigenvalue weighted by Gasteiger charge is -2.17. The van der Waals surface area contributed by atoms with Crippen molar-refractivity contribution in [1.82, 2.24) is 9.97 Å². The van der Waals surface area contributed by atoms with Gasteiger partial charge in [0.05, 0.1) is 6.04 Å². The van der Waals surface area contributed by atoms with Gasteiger partial charge in [-0.2, -0.15) is 0 Å². The number of aromatic nitrogens is 2. The minimum Gasteiger partial charge on any atom is -0.384 e. The minimum absolute atomic E-state index is 0.269. The number of nitrogens with zero attached hydrogens (tertiary/aromatic N) is 2. The Hall–Kier alpha value is -1.62. The van der Waals surface area contributed by atoms with Gasteiger partial charge in [-0.1, -0.05) is 26.8 Å². The molecule has 5 heteroatoms. The summed E-state index contributed by atoms with van der Waals surface area (Å²) in [6.45, 7) is 6.29. The van der Waals surface area contributed by atoms with Crippen LogP contribution in [0.4, 0.5) is 11.6 Å². The lowest BCUT2D eigenvalue weighted by molar-refractivity contribution is 0.741. The molecule has 2 heterocycles. The van der Waals surface area contributed by atoms with Gasteiger partial charge in [-0.05, 0) is 17.9 Å². The van der Waals surface area contributed by atoms with Crippen molar-refractivity contribution >= 4 is 23.0 Å². The van der Waals surface area contributed by atoms with Gasteiger partial charge < -0.3 is 11.1 Å². The van der Waals surface area contributed by atoms with Crippen LogP contribution in [0.25, 0.3) is 0 Å². The van der Waals surface area contributed by atoms with Crippen molar-refractivity contribution in [2.24, 2.45) is 0 Å². The topological polar surface area (TPSA) is 63.8 Å². The van der Waals surface area contributed by atoms with Crippen LogP contribution in [0, 0.1) is 0 Å². The van der Waals surface area contributed by atoms with E-state index in [0.29, 0.717) is 5.82 Å². The van der Waals surface area contributed by atoms with E-state index in [2.05, 4.69) is 53.6 Å². The van der Waals surface area contributed by atoms with E-state index >= 15 is 0 Å². The zero-order chi connectivity index (χ0) is 13.8. The van der Waals surface area contributed by atoms with E-state index < -0.39 is 0 Å². The van der Waals surface area contributed by atoms with E-state index in [1.807, 2.05) is 0 Å². The predicted molar refractivity (Wildman–Crippen MR) is 81.5 cm³/mol. The maximum Gasteiger partial charge on any atom is 0.135 e. The van der Waals surface area contributed by atoms with Gasteiger partial charge >= 0.3 is 0 Å². The van der Waals surface area contributed by atoms with Crippen molar-refractivity contribution in [2.45, 2.75) is 39.2 Å². The summed E-state index contributed by atoms with van der Waals surface area (Å²) < 4.78 is 0. The Kier molecular flexibility index (Phi) is 4.37. The minimum atomic E-state index is 0.269. The first kappa shape index (κ1) is 13.8. The zero-order valence-corrected chi connectivity index (χ0v) is 12.4. The Labute approximate surface area is 118 Å². The van der Waals surface area contributed by atoms with Crippen LogP contribution in [-0.2, 0) is 0 Å². The van der Waals surface area contributed by atoms with E-state index in [-0.39, 0.29) is 12.0 Å². The van der Waals surface area contributed by atoms with Gasteiger partial charge in [-0.25, -0.2) is 9.97 Å². The first-order valence-electron chi connectivity index (χ1n) is 6.54. The maximum atomic E-state index is 5.84. The van der Waals surface area contributed by atoms with Crippen molar-refractivity contribution in [2.75, 3.05) is 11.1 Å². The highest BCUT2D eigenvalue weighted by Gasteiger charge is 2.13. The van der Waals surface area contributed by atoms with Crippen LogP contribution in [0.15, 0.2) is 23.6 Å². The van der Waals surface area contributed by atoms with Gasteiger partial charge in [0.25, 0.3) is 0 Å². The molecule has 2 aromatic heterocycles. The molecule has 19 heavy (non-hydrogen) atoms. The summed E-state index contributed by atoms with van der Waals surface area (Å²) in [6.07, 6.45) is 1.00. The third kappa shape index (κ3) is 3.44. The number of nitrogens with two attached hydrogens (primary N) is 1. The van der Waals surface area contributed by atoms with Gasteiger partial charge in [0, 0.05) is 16.9 Å². The summed E-state index contributed by atoms with van der Waals surface area (Å²) >= 11 is 1.75. The van der Waals surface area contributed by atoms with Crippen LogP contribution in [0.3, 0.4) is 0 Å². The first-order chi connectivity index (χ1) is 9.10. The highest BCUT2D eigenvalue weighted by atomic mass is 32.1. The number of rotatable bonds is 5. The van der Waals surface area contributed by atoms with Crippen LogP contribution in [0.1, 0.15) is 49.9 Å². The number of hydrogen-bond donors (Lipinski definition) is 2. The van der Waals surface area contributed by atoms with Crippen molar-refractivity contribution in [3.05, 3.63) is 34.3 Å². The number of nitrogen functional groups attached to an aromatic ring is 1. The van der Waals surface area contributed by atoms with E-state index in [1.165, 1.54) is 4.88 Å². The molecule has 0 saturated carbocycles. The Bertz CT molecular complexity index is 522. The third-order valence-electron chi connectivity index (χ3n) is 2.90. The second kappa shape index (κ2) is 6.02. The average Bonchev–Trinajstić information content (AvgIpc) is 2.89. The van der Waals surface area contributed by atoms with Gasteiger partial charge in [-0.3, -0.25) is 0 Å². The molecule has 2 aromatic rings. The second-order valence-electron chi connectivity index (χ2n) is 4.81. The molecule has 2 rings (SSSR count). The molecule has 1 atom stereocenters. The summed E-state index contributed by atoms with van der Waals surface area (Å²) in [4.78, 5) is 10.1. The zero-order valence-electron chi connectivity index (χ0n) is 11.6. The van der Waals surface area contributed by atoms with Crippen LogP contribution < -0.4 is 11.1 Å². The molecule has 102 valence electrons. The lowest BCUT2D eigenvalue weighted by Crippen LogP contribution is -2.12. The smallest absolute Gasteiger partial charge is 0.135 e. The summed E-state index contributed by atoms with van der Waals surface area (Å²) in [5.41, 5.74) is 5.84. The Balaban J connectivity index is 2.22. The quantitative estimate of drug-likeness (QED) is 0.871. The molecule has 0 amide bonds. The molecule has 0 spiro atoms. The van der Waals surface area contributed by atoms with Gasteiger partial charge in [0.1, 0.15) is 17.5 Å². The standard InChI is InChI=1S/C14H20N4S/c1-4-10(11-6-5-7-19-11)16-13-8-12(15)17-14(18-13)9(2)3/h5-10H,4H2,1-3H3,(H3,15,16,17,18). The van der Waals surface area contributed by atoms with Crippen LogP contribution in [-0.4, -0.2) is 9.97 Å². The van der Waals surface area contributed by atoms with E-state index in [4.69, 9.17) is 5.73 Å². The number of hydrogen-bond acceptors (Lipinski definition) is 5. The first-order valence-corrected chi connectivity index (χ1v) is 7.42. The largest absolute Gasteiger partial charge is 0.384 e. The summed E-state index contributed by atoms with van der Waals surface area (Å²) in [5.74, 6) is 2.37. The fourth-order valence-corrected chi connectivity index (χ4v) is 2.72. The van der Waals surface area contributed by atoms with Crippen LogP contribution in [0.5, 0.6) is 0 Å². The van der Waals surface area contributed by atoms with Crippen molar-refractivity contribution < 1.29 is 0 Å². The summed E-state index contributed by atoms with van der Waals surface area (Å²) in [5, 5.41) is 5.54. The molecule has 0 bridgehead atoms. The van der Waals surface area contributed by atoms with Gasteiger partial charge in [0.15, 0.2) is 0 Å². The fourth-order valence-electron chi connectivity index (χ4n) is 1.86. The SMILES string of the molecule is CCC(Nc1cc(N)nc(C(C)C)n1)c1cccs1. The van der Waals surface area contributed by atoms with Crippen molar-refractivity contribution in [1.29, 1.82) is 0 Å². The number of nitrogens with one attached hydrogen (secondary N) is 1. The number of anilines is 2.